The van der Waals surface area contributed by atoms with E-state index in [0.29, 0.717) is 11.7 Å². The highest BCUT2D eigenvalue weighted by molar-refractivity contribution is 7.99. The summed E-state index contributed by atoms with van der Waals surface area (Å²) >= 11 is 1.33. The highest BCUT2D eigenvalue weighted by Crippen LogP contribution is 2.22. The molecule has 0 unspecified atom stereocenters. The molecule has 0 saturated carbocycles. The molecule has 162 valence electrons. The molecule has 3 aromatic carbocycles. The summed E-state index contributed by atoms with van der Waals surface area (Å²) in [6.45, 7) is 0.559. The van der Waals surface area contributed by atoms with Gasteiger partial charge in [-0.05, 0) is 42.0 Å². The number of nitrogens with one attached hydrogen (secondary N) is 1. The Morgan fingerprint density at radius 3 is 2.38 bits per heavy atom. The highest BCUT2D eigenvalue weighted by Gasteiger charge is 2.14. The van der Waals surface area contributed by atoms with Crippen molar-refractivity contribution in [3.63, 3.8) is 0 Å². The van der Waals surface area contributed by atoms with Crippen LogP contribution in [0.25, 0.3) is 5.69 Å². The zero-order valence-electron chi connectivity index (χ0n) is 17.6. The minimum atomic E-state index is -0.126. The van der Waals surface area contributed by atoms with E-state index >= 15 is 0 Å². The van der Waals surface area contributed by atoms with Gasteiger partial charge in [-0.25, -0.2) is 0 Å². The van der Waals surface area contributed by atoms with E-state index in [0.717, 1.165) is 22.7 Å². The molecule has 0 aliphatic rings. The fraction of sp³-hybridized carbons (Fsp3) is 0.125. The molecule has 1 aromatic heterocycles. The zero-order chi connectivity index (χ0) is 22.2. The van der Waals surface area contributed by atoms with Crippen LogP contribution in [0.4, 0.5) is 5.69 Å². The molecule has 1 amide bonds. The van der Waals surface area contributed by atoms with Crippen LogP contribution in [0.1, 0.15) is 5.56 Å². The molecule has 4 rings (SSSR count). The van der Waals surface area contributed by atoms with Crippen molar-refractivity contribution < 1.29 is 9.53 Å². The van der Waals surface area contributed by atoms with E-state index in [-0.39, 0.29) is 11.7 Å². The van der Waals surface area contributed by atoms with Gasteiger partial charge in [-0.15, -0.1) is 10.2 Å². The molecule has 32 heavy (non-hydrogen) atoms. The maximum absolute atomic E-state index is 12.8. The van der Waals surface area contributed by atoms with E-state index in [4.69, 9.17) is 4.74 Å². The highest BCUT2D eigenvalue weighted by atomic mass is 32.2. The fourth-order valence-corrected chi connectivity index (χ4v) is 3.85. The third kappa shape index (κ3) is 5.47. The molecule has 4 aromatic rings. The molecular weight excluding hydrogens is 422 g/mol. The van der Waals surface area contributed by atoms with Crippen LogP contribution in [0.5, 0.6) is 5.75 Å². The van der Waals surface area contributed by atoms with Crippen molar-refractivity contribution in [2.75, 3.05) is 17.9 Å². The number of ether oxygens (including phenoxy) is 1. The molecule has 0 radical (unpaired) electrons. The smallest absolute Gasteiger partial charge is 0.248 e. The average Bonchev–Trinajstić information content (AvgIpc) is 3.32. The number of rotatable bonds is 9. The summed E-state index contributed by atoms with van der Waals surface area (Å²) in [6, 6.07) is 27.4. The zero-order valence-corrected chi connectivity index (χ0v) is 18.4. The van der Waals surface area contributed by atoms with Crippen LogP contribution < -0.4 is 15.2 Å². The van der Waals surface area contributed by atoms with Gasteiger partial charge in [0.05, 0.1) is 25.1 Å². The molecule has 0 bridgehead atoms. The molecule has 0 aliphatic carbocycles. The van der Waals surface area contributed by atoms with E-state index in [1.54, 1.807) is 13.4 Å². The molecule has 0 aliphatic heterocycles. The Hall–Kier alpha value is -3.78. The molecular formula is C24H23N5O2S. The first kappa shape index (κ1) is 21.5. The number of hydrogen-bond acceptors (Lipinski definition) is 6. The van der Waals surface area contributed by atoms with E-state index in [1.165, 1.54) is 11.8 Å². The third-order valence-electron chi connectivity index (χ3n) is 4.71. The normalized spacial score (nSPS) is 10.5. The van der Waals surface area contributed by atoms with Crippen LogP contribution in [0, 0.1) is 0 Å². The molecule has 1 heterocycles. The Morgan fingerprint density at radius 2 is 1.69 bits per heavy atom. The first-order valence-electron chi connectivity index (χ1n) is 10.1. The number of anilines is 1. The topological polar surface area (TPSA) is 72.3 Å². The number of methoxy groups -OCH3 is 1. The van der Waals surface area contributed by atoms with Gasteiger partial charge in [0.2, 0.25) is 5.91 Å². The standard InChI is InChI=1S/C24H23N5O2S/c1-31-22-14-12-20(13-15-22)28-18-25-26-24(28)32-17-23(30)27-29(21-10-6-3-7-11-21)16-19-8-4-2-5-9-19/h2-15,18H,16-17H2,1H3,(H,27,30). The Balaban J connectivity index is 1.42. The van der Waals surface area contributed by atoms with Gasteiger partial charge in [0, 0.05) is 5.69 Å². The second kappa shape index (κ2) is 10.5. The van der Waals surface area contributed by atoms with E-state index in [2.05, 4.69) is 15.6 Å². The fourth-order valence-electron chi connectivity index (χ4n) is 3.12. The van der Waals surface area contributed by atoms with Crippen molar-refractivity contribution in [1.29, 1.82) is 0 Å². The summed E-state index contributed by atoms with van der Waals surface area (Å²) < 4.78 is 7.05. The van der Waals surface area contributed by atoms with Crippen molar-refractivity contribution in [3.8, 4) is 11.4 Å². The summed E-state index contributed by atoms with van der Waals surface area (Å²) in [5.74, 6) is 0.848. The van der Waals surface area contributed by atoms with Crippen molar-refractivity contribution in [3.05, 3.63) is 96.8 Å². The molecule has 0 saturated heterocycles. The summed E-state index contributed by atoms with van der Waals surface area (Å²) in [6.07, 6.45) is 1.63. The van der Waals surface area contributed by atoms with Crippen LogP contribution in [0.3, 0.4) is 0 Å². The minimum Gasteiger partial charge on any atom is -0.497 e. The first-order valence-corrected chi connectivity index (χ1v) is 11.0. The van der Waals surface area contributed by atoms with Gasteiger partial charge < -0.3 is 4.74 Å². The summed E-state index contributed by atoms with van der Waals surface area (Å²) in [7, 11) is 1.63. The number of carbonyl (C=O) groups is 1. The van der Waals surface area contributed by atoms with E-state index < -0.39 is 0 Å². The third-order valence-corrected chi connectivity index (χ3v) is 5.65. The number of hydrogen-bond donors (Lipinski definition) is 1. The van der Waals surface area contributed by atoms with Gasteiger partial charge in [0.15, 0.2) is 5.16 Å². The van der Waals surface area contributed by atoms with Gasteiger partial charge in [-0.2, -0.15) is 0 Å². The van der Waals surface area contributed by atoms with Crippen molar-refractivity contribution in [2.24, 2.45) is 0 Å². The van der Waals surface area contributed by atoms with Gasteiger partial charge in [0.1, 0.15) is 12.1 Å². The second-order valence-electron chi connectivity index (χ2n) is 6.91. The van der Waals surface area contributed by atoms with E-state index in [9.17, 15) is 4.79 Å². The predicted octanol–water partition coefficient (Wildman–Crippen LogP) is 4.11. The number of aromatic nitrogens is 3. The molecule has 0 fully saturated rings. The molecule has 0 atom stereocenters. The molecule has 1 N–H and O–H groups in total. The van der Waals surface area contributed by atoms with Crippen LogP contribution in [0.15, 0.2) is 96.4 Å². The Morgan fingerprint density at radius 1 is 1.00 bits per heavy atom. The lowest BCUT2D eigenvalue weighted by Gasteiger charge is -2.25. The Bertz CT molecular complexity index is 1130. The maximum Gasteiger partial charge on any atom is 0.248 e. The second-order valence-corrected chi connectivity index (χ2v) is 7.85. The summed E-state index contributed by atoms with van der Waals surface area (Å²) in [5, 5.41) is 10.7. The number of nitrogens with zero attached hydrogens (tertiary/aromatic N) is 4. The Labute approximate surface area is 191 Å². The lowest BCUT2D eigenvalue weighted by atomic mass is 10.2. The van der Waals surface area contributed by atoms with Crippen LogP contribution in [-0.2, 0) is 11.3 Å². The van der Waals surface area contributed by atoms with Crippen LogP contribution in [-0.4, -0.2) is 33.5 Å². The van der Waals surface area contributed by atoms with Gasteiger partial charge >= 0.3 is 0 Å². The number of amides is 1. The lowest BCUT2D eigenvalue weighted by molar-refractivity contribution is -0.118. The number of benzene rings is 3. The van der Waals surface area contributed by atoms with Gasteiger partial charge in [-0.3, -0.25) is 19.8 Å². The predicted molar refractivity (Wildman–Crippen MR) is 126 cm³/mol. The maximum atomic E-state index is 12.8. The number of hydrazine groups is 1. The average molecular weight is 446 g/mol. The number of thioether (sulfide) groups is 1. The van der Waals surface area contributed by atoms with Crippen molar-refractivity contribution >= 4 is 23.4 Å². The SMILES string of the molecule is COc1ccc(-n2cnnc2SCC(=O)NN(Cc2ccccc2)c2ccccc2)cc1. The minimum absolute atomic E-state index is 0.126. The van der Waals surface area contributed by atoms with E-state index in [1.807, 2.05) is 94.5 Å². The molecule has 8 heteroatoms. The largest absolute Gasteiger partial charge is 0.497 e. The van der Waals surface area contributed by atoms with Crippen molar-refractivity contribution in [1.82, 2.24) is 20.2 Å². The van der Waals surface area contributed by atoms with Crippen molar-refractivity contribution in [2.45, 2.75) is 11.7 Å². The number of carbonyl (C=O) groups excluding carboxylic acids is 1. The van der Waals surface area contributed by atoms with Gasteiger partial charge in [-0.1, -0.05) is 60.3 Å². The van der Waals surface area contributed by atoms with Gasteiger partial charge in [0.25, 0.3) is 0 Å². The Kier molecular flexibility index (Phi) is 7.04. The van der Waals surface area contributed by atoms with Crippen LogP contribution >= 0.6 is 11.8 Å². The summed E-state index contributed by atoms with van der Waals surface area (Å²) in [5.41, 5.74) is 5.93. The molecule has 0 spiro atoms. The van der Waals surface area contributed by atoms with Crippen LogP contribution in [0.2, 0.25) is 0 Å². The quantitative estimate of drug-likeness (QED) is 0.309. The molecule has 7 nitrogen and oxygen atoms in total. The monoisotopic (exact) mass is 445 g/mol. The lowest BCUT2D eigenvalue weighted by Crippen LogP contribution is -2.42. The summed E-state index contributed by atoms with van der Waals surface area (Å²) in [4.78, 5) is 12.8. The number of para-hydroxylation sites is 1. The first-order chi connectivity index (χ1) is 15.7.